The zero-order valence-corrected chi connectivity index (χ0v) is 13.5. The van der Waals surface area contributed by atoms with Crippen LogP contribution < -0.4 is 10.5 Å². The first-order valence-electron chi connectivity index (χ1n) is 6.62. The van der Waals surface area contributed by atoms with Crippen molar-refractivity contribution in [3.05, 3.63) is 23.1 Å². The summed E-state index contributed by atoms with van der Waals surface area (Å²) in [5.74, 6) is 0.591. The molecule has 21 heavy (non-hydrogen) atoms. The zero-order valence-electron chi connectivity index (χ0n) is 12.7. The molecule has 1 amide bonds. The standard InChI is InChI=1S/C15H20N2O3S/c1-9(8-19-3)17(2)15(18)14-13(16)12-10(20-4)6-5-7-11(12)21-14/h5-7,9H,8,16H2,1-4H3. The van der Waals surface area contributed by atoms with Crippen molar-refractivity contribution in [2.45, 2.75) is 13.0 Å². The number of methoxy groups -OCH3 is 2. The second kappa shape index (κ2) is 6.32. The summed E-state index contributed by atoms with van der Waals surface area (Å²) in [6.45, 7) is 2.42. The lowest BCUT2D eigenvalue weighted by Gasteiger charge is -2.23. The Bertz CT molecular complexity index is 654. The van der Waals surface area contributed by atoms with Crippen molar-refractivity contribution in [2.75, 3.05) is 33.6 Å². The summed E-state index contributed by atoms with van der Waals surface area (Å²) in [7, 11) is 4.97. The highest BCUT2D eigenvalue weighted by Crippen LogP contribution is 2.39. The molecule has 2 aromatic rings. The first-order chi connectivity index (χ1) is 10.0. The monoisotopic (exact) mass is 308 g/mol. The van der Waals surface area contributed by atoms with Crippen LogP contribution >= 0.6 is 11.3 Å². The van der Waals surface area contributed by atoms with Gasteiger partial charge < -0.3 is 20.1 Å². The van der Waals surface area contributed by atoms with Gasteiger partial charge in [0.1, 0.15) is 10.6 Å². The van der Waals surface area contributed by atoms with Gasteiger partial charge in [0.2, 0.25) is 0 Å². The minimum atomic E-state index is -0.0969. The minimum Gasteiger partial charge on any atom is -0.496 e. The molecule has 0 saturated heterocycles. The number of fused-ring (bicyclic) bond motifs is 1. The Labute approximate surface area is 128 Å². The summed E-state index contributed by atoms with van der Waals surface area (Å²) in [4.78, 5) is 14.8. The molecular weight excluding hydrogens is 288 g/mol. The van der Waals surface area contributed by atoms with Crippen LogP contribution in [-0.2, 0) is 4.74 Å². The number of carbonyl (C=O) groups excluding carboxylic acids is 1. The molecule has 1 atom stereocenters. The van der Waals surface area contributed by atoms with Crippen molar-refractivity contribution < 1.29 is 14.3 Å². The van der Waals surface area contributed by atoms with Crippen molar-refractivity contribution >= 4 is 33.0 Å². The fraction of sp³-hybridized carbons (Fsp3) is 0.400. The number of nitrogens with zero attached hydrogens (tertiary/aromatic N) is 1. The Morgan fingerprint density at radius 1 is 1.43 bits per heavy atom. The highest BCUT2D eigenvalue weighted by atomic mass is 32.1. The molecule has 0 aliphatic heterocycles. The molecule has 2 rings (SSSR count). The van der Waals surface area contributed by atoms with Crippen molar-refractivity contribution in [2.24, 2.45) is 0 Å². The average molecular weight is 308 g/mol. The normalized spacial score (nSPS) is 12.4. The van der Waals surface area contributed by atoms with Crippen LogP contribution in [0.4, 0.5) is 5.69 Å². The van der Waals surface area contributed by atoms with Gasteiger partial charge in [0.05, 0.1) is 30.8 Å². The van der Waals surface area contributed by atoms with Gasteiger partial charge in [-0.3, -0.25) is 4.79 Å². The first-order valence-corrected chi connectivity index (χ1v) is 7.44. The van der Waals surface area contributed by atoms with Crippen LogP contribution in [0.25, 0.3) is 10.1 Å². The fourth-order valence-corrected chi connectivity index (χ4v) is 3.30. The van der Waals surface area contributed by atoms with Gasteiger partial charge in [0, 0.05) is 18.9 Å². The lowest BCUT2D eigenvalue weighted by Crippen LogP contribution is -2.37. The smallest absolute Gasteiger partial charge is 0.266 e. The second-order valence-electron chi connectivity index (χ2n) is 4.90. The molecule has 1 heterocycles. The maximum Gasteiger partial charge on any atom is 0.266 e. The van der Waals surface area contributed by atoms with Gasteiger partial charge in [-0.2, -0.15) is 0 Å². The molecule has 0 aliphatic carbocycles. The predicted molar refractivity (Wildman–Crippen MR) is 86.2 cm³/mol. The van der Waals surface area contributed by atoms with Crippen LogP contribution in [0.3, 0.4) is 0 Å². The number of likely N-dealkylation sites (N-methyl/N-ethyl adjacent to an activating group) is 1. The maximum absolute atomic E-state index is 12.6. The van der Waals surface area contributed by atoms with Gasteiger partial charge in [0.15, 0.2) is 0 Å². The highest BCUT2D eigenvalue weighted by Gasteiger charge is 2.24. The number of anilines is 1. The molecule has 0 fully saturated rings. The fourth-order valence-electron chi connectivity index (χ4n) is 2.18. The van der Waals surface area contributed by atoms with E-state index < -0.39 is 0 Å². The van der Waals surface area contributed by atoms with E-state index in [1.807, 2.05) is 25.1 Å². The molecule has 0 radical (unpaired) electrons. The molecule has 5 nitrogen and oxygen atoms in total. The van der Waals surface area contributed by atoms with Crippen molar-refractivity contribution in [3.8, 4) is 5.75 Å². The molecule has 0 spiro atoms. The Morgan fingerprint density at radius 2 is 2.14 bits per heavy atom. The molecule has 1 unspecified atom stereocenters. The first kappa shape index (κ1) is 15.6. The Hall–Kier alpha value is -1.79. The van der Waals surface area contributed by atoms with Crippen LogP contribution in [-0.4, -0.2) is 44.7 Å². The number of amides is 1. The van der Waals surface area contributed by atoms with E-state index in [9.17, 15) is 4.79 Å². The molecule has 1 aromatic heterocycles. The number of carbonyl (C=O) groups is 1. The number of nitrogens with two attached hydrogens (primary N) is 1. The van der Waals surface area contributed by atoms with E-state index in [1.54, 1.807) is 26.2 Å². The number of nitrogen functional groups attached to an aromatic ring is 1. The summed E-state index contributed by atoms with van der Waals surface area (Å²) >= 11 is 1.39. The van der Waals surface area contributed by atoms with Gasteiger partial charge in [-0.15, -0.1) is 11.3 Å². The summed E-state index contributed by atoms with van der Waals surface area (Å²) in [6, 6.07) is 5.65. The third-order valence-corrected chi connectivity index (χ3v) is 4.68. The van der Waals surface area contributed by atoms with Gasteiger partial charge in [0.25, 0.3) is 5.91 Å². The van der Waals surface area contributed by atoms with E-state index in [0.29, 0.717) is 22.9 Å². The number of rotatable bonds is 5. The molecule has 2 N–H and O–H groups in total. The van der Waals surface area contributed by atoms with Crippen LogP contribution in [0, 0.1) is 0 Å². The van der Waals surface area contributed by atoms with E-state index in [1.165, 1.54) is 11.3 Å². The molecule has 0 saturated carbocycles. The number of hydrogen-bond acceptors (Lipinski definition) is 5. The van der Waals surface area contributed by atoms with E-state index in [2.05, 4.69) is 0 Å². The molecule has 114 valence electrons. The lowest BCUT2D eigenvalue weighted by atomic mass is 10.2. The Balaban J connectivity index is 2.43. The van der Waals surface area contributed by atoms with Crippen molar-refractivity contribution in [3.63, 3.8) is 0 Å². The van der Waals surface area contributed by atoms with Gasteiger partial charge >= 0.3 is 0 Å². The Kier molecular flexibility index (Phi) is 4.69. The zero-order chi connectivity index (χ0) is 15.6. The average Bonchev–Trinajstić information content (AvgIpc) is 2.83. The SMILES string of the molecule is COCC(C)N(C)C(=O)c1sc2cccc(OC)c2c1N. The van der Waals surface area contributed by atoms with Crippen molar-refractivity contribution in [1.29, 1.82) is 0 Å². The highest BCUT2D eigenvalue weighted by molar-refractivity contribution is 7.21. The Morgan fingerprint density at radius 3 is 2.76 bits per heavy atom. The van der Waals surface area contributed by atoms with E-state index >= 15 is 0 Å². The third kappa shape index (κ3) is 2.82. The lowest BCUT2D eigenvalue weighted by molar-refractivity contribution is 0.0639. The number of benzene rings is 1. The van der Waals surface area contributed by atoms with Gasteiger partial charge in [-0.1, -0.05) is 6.07 Å². The van der Waals surface area contributed by atoms with Gasteiger partial charge in [-0.05, 0) is 19.1 Å². The quantitative estimate of drug-likeness (QED) is 0.922. The summed E-state index contributed by atoms with van der Waals surface area (Å²) in [5, 5.41) is 0.807. The number of hydrogen-bond donors (Lipinski definition) is 1. The third-order valence-electron chi connectivity index (χ3n) is 3.52. The van der Waals surface area contributed by atoms with E-state index in [4.69, 9.17) is 15.2 Å². The largest absolute Gasteiger partial charge is 0.496 e. The number of ether oxygens (including phenoxy) is 2. The van der Waals surface area contributed by atoms with Crippen LogP contribution in [0.1, 0.15) is 16.6 Å². The summed E-state index contributed by atoms with van der Waals surface area (Å²) in [5.41, 5.74) is 6.66. The molecule has 6 heteroatoms. The van der Waals surface area contributed by atoms with E-state index in [0.717, 1.165) is 10.1 Å². The second-order valence-corrected chi connectivity index (χ2v) is 5.95. The topological polar surface area (TPSA) is 64.8 Å². The van der Waals surface area contributed by atoms with Crippen LogP contribution in [0.5, 0.6) is 5.75 Å². The molecule has 1 aromatic carbocycles. The predicted octanol–water partition coefficient (Wildman–Crippen LogP) is 2.60. The van der Waals surface area contributed by atoms with Crippen LogP contribution in [0.15, 0.2) is 18.2 Å². The minimum absolute atomic E-state index is 0.0194. The van der Waals surface area contributed by atoms with E-state index in [-0.39, 0.29) is 11.9 Å². The van der Waals surface area contributed by atoms with Gasteiger partial charge in [-0.25, -0.2) is 0 Å². The summed E-state index contributed by atoms with van der Waals surface area (Å²) in [6.07, 6.45) is 0. The van der Waals surface area contributed by atoms with Crippen LogP contribution in [0.2, 0.25) is 0 Å². The number of thiophene rings is 1. The molecular formula is C15H20N2O3S. The summed E-state index contributed by atoms with van der Waals surface area (Å²) < 4.78 is 11.4. The van der Waals surface area contributed by atoms with Crippen molar-refractivity contribution in [1.82, 2.24) is 4.90 Å². The molecule has 0 aliphatic rings. The molecule has 0 bridgehead atoms. The maximum atomic E-state index is 12.6.